The van der Waals surface area contributed by atoms with Gasteiger partial charge in [-0.05, 0) is 42.3 Å². The van der Waals surface area contributed by atoms with Crippen molar-refractivity contribution < 1.29 is 4.74 Å². The Hall–Kier alpha value is -1.81. The van der Waals surface area contributed by atoms with Crippen molar-refractivity contribution >= 4 is 26.8 Å². The van der Waals surface area contributed by atoms with Crippen LogP contribution in [-0.2, 0) is 13.0 Å². The largest absolute Gasteiger partial charge is 0.497 e. The van der Waals surface area contributed by atoms with E-state index in [1.807, 2.05) is 12.1 Å². The molecule has 4 heteroatoms. The summed E-state index contributed by atoms with van der Waals surface area (Å²) in [4.78, 5) is 0. The minimum atomic E-state index is 0.761. The standard InChI is InChI=1S/C17H17BrN2O/c1-3-16-15-9-6-13(18)10-17(15)20(19-16)11-12-4-7-14(21-2)8-5-12/h4-10H,3,11H2,1-2H3. The molecule has 0 unspecified atom stereocenters. The zero-order valence-electron chi connectivity index (χ0n) is 12.1. The number of nitrogens with zero attached hydrogens (tertiary/aromatic N) is 2. The molecule has 108 valence electrons. The molecule has 0 radical (unpaired) electrons. The summed E-state index contributed by atoms with van der Waals surface area (Å²) in [6, 6.07) is 14.5. The summed E-state index contributed by atoms with van der Waals surface area (Å²) in [6.45, 7) is 2.90. The van der Waals surface area contributed by atoms with Crippen molar-refractivity contribution in [3.8, 4) is 5.75 Å². The van der Waals surface area contributed by atoms with Gasteiger partial charge in [-0.25, -0.2) is 0 Å². The van der Waals surface area contributed by atoms with E-state index in [-0.39, 0.29) is 0 Å². The smallest absolute Gasteiger partial charge is 0.118 e. The zero-order valence-corrected chi connectivity index (χ0v) is 13.7. The van der Waals surface area contributed by atoms with Gasteiger partial charge in [0.1, 0.15) is 5.75 Å². The number of fused-ring (bicyclic) bond motifs is 1. The van der Waals surface area contributed by atoms with Crippen LogP contribution in [0.15, 0.2) is 46.9 Å². The van der Waals surface area contributed by atoms with Gasteiger partial charge in [-0.2, -0.15) is 5.10 Å². The minimum absolute atomic E-state index is 0.761. The Morgan fingerprint density at radius 1 is 1.14 bits per heavy atom. The zero-order chi connectivity index (χ0) is 14.8. The van der Waals surface area contributed by atoms with Gasteiger partial charge in [0.15, 0.2) is 0 Å². The van der Waals surface area contributed by atoms with E-state index in [4.69, 9.17) is 9.84 Å². The fourth-order valence-electron chi connectivity index (χ4n) is 2.50. The summed E-state index contributed by atoms with van der Waals surface area (Å²) < 4.78 is 8.35. The number of hydrogen-bond donors (Lipinski definition) is 0. The highest BCUT2D eigenvalue weighted by molar-refractivity contribution is 9.10. The first-order valence-corrected chi connectivity index (χ1v) is 7.78. The number of hydrogen-bond acceptors (Lipinski definition) is 2. The maximum atomic E-state index is 5.20. The molecule has 0 spiro atoms. The average Bonchev–Trinajstić information content (AvgIpc) is 2.85. The molecule has 3 aromatic rings. The second-order valence-corrected chi connectivity index (χ2v) is 5.88. The molecule has 0 N–H and O–H groups in total. The second kappa shape index (κ2) is 5.90. The molecular formula is C17H17BrN2O. The van der Waals surface area contributed by atoms with E-state index in [2.05, 4.69) is 57.9 Å². The molecule has 0 atom stereocenters. The number of rotatable bonds is 4. The summed E-state index contributed by atoms with van der Waals surface area (Å²) in [5.41, 5.74) is 3.52. The molecule has 0 bridgehead atoms. The van der Waals surface area contributed by atoms with Gasteiger partial charge < -0.3 is 4.74 Å². The minimum Gasteiger partial charge on any atom is -0.497 e. The molecular weight excluding hydrogens is 328 g/mol. The van der Waals surface area contributed by atoms with E-state index in [1.54, 1.807) is 7.11 Å². The highest BCUT2D eigenvalue weighted by Gasteiger charge is 2.10. The van der Waals surface area contributed by atoms with Crippen molar-refractivity contribution in [3.05, 3.63) is 58.2 Å². The molecule has 3 rings (SSSR count). The van der Waals surface area contributed by atoms with Crippen LogP contribution in [0.2, 0.25) is 0 Å². The fraction of sp³-hybridized carbons (Fsp3) is 0.235. The van der Waals surface area contributed by atoms with E-state index in [0.29, 0.717) is 0 Å². The predicted molar refractivity (Wildman–Crippen MR) is 88.9 cm³/mol. The maximum absolute atomic E-state index is 5.20. The van der Waals surface area contributed by atoms with Crippen LogP contribution in [0.4, 0.5) is 0 Å². The van der Waals surface area contributed by atoms with Crippen LogP contribution in [-0.4, -0.2) is 16.9 Å². The third kappa shape index (κ3) is 2.81. The molecule has 0 aliphatic rings. The fourth-order valence-corrected chi connectivity index (χ4v) is 2.85. The number of aryl methyl sites for hydroxylation is 1. The normalized spacial score (nSPS) is 11.0. The first kappa shape index (κ1) is 14.1. The van der Waals surface area contributed by atoms with Crippen LogP contribution in [0, 0.1) is 0 Å². The average molecular weight is 345 g/mol. The summed E-state index contributed by atoms with van der Waals surface area (Å²) in [6.07, 6.45) is 0.938. The second-order valence-electron chi connectivity index (χ2n) is 4.97. The molecule has 21 heavy (non-hydrogen) atoms. The number of halogens is 1. The summed E-state index contributed by atoms with van der Waals surface area (Å²) in [7, 11) is 1.68. The molecule has 2 aromatic carbocycles. The Labute approximate surface area is 132 Å². The van der Waals surface area contributed by atoms with Crippen LogP contribution in [0.5, 0.6) is 5.75 Å². The third-order valence-electron chi connectivity index (χ3n) is 3.62. The lowest BCUT2D eigenvalue weighted by Crippen LogP contribution is -2.02. The first-order valence-electron chi connectivity index (χ1n) is 6.99. The van der Waals surface area contributed by atoms with Crippen LogP contribution in [0.25, 0.3) is 10.9 Å². The molecule has 0 saturated carbocycles. The molecule has 0 fully saturated rings. The van der Waals surface area contributed by atoms with E-state index < -0.39 is 0 Å². The molecule has 0 saturated heterocycles. The summed E-state index contributed by atoms with van der Waals surface area (Å²) in [5.74, 6) is 0.876. The predicted octanol–water partition coefficient (Wildman–Crippen LogP) is 4.42. The van der Waals surface area contributed by atoms with Crippen molar-refractivity contribution in [1.29, 1.82) is 0 Å². The van der Waals surface area contributed by atoms with Gasteiger partial charge in [0, 0.05) is 9.86 Å². The number of benzene rings is 2. The summed E-state index contributed by atoms with van der Waals surface area (Å²) in [5, 5.41) is 5.98. The van der Waals surface area contributed by atoms with Gasteiger partial charge >= 0.3 is 0 Å². The van der Waals surface area contributed by atoms with Crippen LogP contribution in [0.3, 0.4) is 0 Å². The quantitative estimate of drug-likeness (QED) is 0.700. The van der Waals surface area contributed by atoms with Gasteiger partial charge in [-0.3, -0.25) is 4.68 Å². The third-order valence-corrected chi connectivity index (χ3v) is 4.11. The van der Waals surface area contributed by atoms with Gasteiger partial charge in [0.2, 0.25) is 0 Å². The van der Waals surface area contributed by atoms with Crippen molar-refractivity contribution in [2.75, 3.05) is 7.11 Å². The Bertz CT molecular complexity index is 762. The van der Waals surface area contributed by atoms with Gasteiger partial charge in [-0.15, -0.1) is 0 Å². The Balaban J connectivity index is 2.00. The number of methoxy groups -OCH3 is 1. The lowest BCUT2D eigenvalue weighted by molar-refractivity contribution is 0.414. The van der Waals surface area contributed by atoms with E-state index >= 15 is 0 Å². The molecule has 1 aromatic heterocycles. The van der Waals surface area contributed by atoms with Crippen molar-refractivity contribution in [3.63, 3.8) is 0 Å². The van der Waals surface area contributed by atoms with Gasteiger partial charge in [-0.1, -0.05) is 35.0 Å². The van der Waals surface area contributed by atoms with E-state index in [1.165, 1.54) is 10.9 Å². The molecule has 0 aliphatic heterocycles. The number of ether oxygens (including phenoxy) is 1. The van der Waals surface area contributed by atoms with E-state index in [0.717, 1.165) is 34.4 Å². The van der Waals surface area contributed by atoms with Crippen LogP contribution < -0.4 is 4.74 Å². The maximum Gasteiger partial charge on any atom is 0.118 e. The Kier molecular flexibility index (Phi) is 3.97. The lowest BCUT2D eigenvalue weighted by Gasteiger charge is -2.05. The van der Waals surface area contributed by atoms with Crippen molar-refractivity contribution in [1.82, 2.24) is 9.78 Å². The van der Waals surface area contributed by atoms with Crippen molar-refractivity contribution in [2.45, 2.75) is 19.9 Å². The van der Waals surface area contributed by atoms with Gasteiger partial charge in [0.25, 0.3) is 0 Å². The molecule has 0 amide bonds. The van der Waals surface area contributed by atoms with E-state index in [9.17, 15) is 0 Å². The molecule has 1 heterocycles. The SMILES string of the molecule is CCc1nn(Cc2ccc(OC)cc2)c2cc(Br)ccc12. The first-order chi connectivity index (χ1) is 10.2. The monoisotopic (exact) mass is 344 g/mol. The Morgan fingerprint density at radius 3 is 2.57 bits per heavy atom. The van der Waals surface area contributed by atoms with Gasteiger partial charge in [0.05, 0.1) is 24.9 Å². The topological polar surface area (TPSA) is 27.1 Å². The highest BCUT2D eigenvalue weighted by Crippen LogP contribution is 2.24. The Morgan fingerprint density at radius 2 is 1.90 bits per heavy atom. The number of aromatic nitrogens is 2. The lowest BCUT2D eigenvalue weighted by atomic mass is 10.2. The molecule has 3 nitrogen and oxygen atoms in total. The van der Waals surface area contributed by atoms with Crippen LogP contribution in [0.1, 0.15) is 18.2 Å². The highest BCUT2D eigenvalue weighted by atomic mass is 79.9. The van der Waals surface area contributed by atoms with Crippen LogP contribution >= 0.6 is 15.9 Å². The van der Waals surface area contributed by atoms with Crippen molar-refractivity contribution in [2.24, 2.45) is 0 Å². The summed E-state index contributed by atoms with van der Waals surface area (Å²) >= 11 is 3.54. The molecule has 0 aliphatic carbocycles.